The Bertz CT molecular complexity index is 833. The average molecular weight is 627 g/mol. The van der Waals surface area contributed by atoms with Crippen molar-refractivity contribution in [3.8, 4) is 0 Å². The smallest absolute Gasteiger partial charge is 0.338 e. The molecule has 0 saturated heterocycles. The molecule has 1 N–H and O–H groups in total. The van der Waals surface area contributed by atoms with Crippen LogP contribution in [0.1, 0.15) is 198 Å². The quantitative estimate of drug-likeness (QED) is 0.0491. The van der Waals surface area contributed by atoms with E-state index in [9.17, 15) is 14.7 Å². The van der Waals surface area contributed by atoms with Crippen LogP contribution in [0, 0.1) is 5.92 Å². The average Bonchev–Trinajstić information content (AvgIpc) is 3.05. The lowest BCUT2D eigenvalue weighted by atomic mass is 9.94. The van der Waals surface area contributed by atoms with Gasteiger partial charge in [0.25, 0.3) is 0 Å². The van der Waals surface area contributed by atoms with Crippen molar-refractivity contribution in [2.24, 2.45) is 5.92 Å². The van der Waals surface area contributed by atoms with E-state index < -0.39 is 5.97 Å². The number of carbonyl (C=O) groups is 2. The van der Waals surface area contributed by atoms with E-state index in [1.54, 1.807) is 0 Å². The first kappa shape index (κ1) is 40.9. The zero-order valence-electron chi connectivity index (χ0n) is 29.5. The molecule has 0 spiro atoms. The van der Waals surface area contributed by atoms with Gasteiger partial charge < -0.3 is 9.84 Å². The molecular weight excluding hydrogens is 556 g/mol. The van der Waals surface area contributed by atoms with E-state index in [0.717, 1.165) is 70.6 Å². The maximum absolute atomic E-state index is 12.6. The topological polar surface area (TPSA) is 63.6 Å². The summed E-state index contributed by atoms with van der Waals surface area (Å²) in [6.45, 7) is 4.49. The van der Waals surface area contributed by atoms with Crippen molar-refractivity contribution < 1.29 is 19.4 Å². The van der Waals surface area contributed by atoms with Gasteiger partial charge in [-0.15, -0.1) is 0 Å². The molecule has 1 aromatic carbocycles. The van der Waals surface area contributed by atoms with Crippen LogP contribution in [0.2, 0.25) is 0 Å². The van der Waals surface area contributed by atoms with Crippen LogP contribution < -0.4 is 0 Å². The van der Waals surface area contributed by atoms with Gasteiger partial charge in [0.2, 0.25) is 0 Å². The molecule has 258 valence electrons. The summed E-state index contributed by atoms with van der Waals surface area (Å²) in [5.41, 5.74) is 0.616. The van der Waals surface area contributed by atoms with Crippen molar-refractivity contribution in [1.82, 2.24) is 0 Å². The highest BCUT2D eigenvalue weighted by atomic mass is 16.5. The second kappa shape index (κ2) is 30.5. The number of carboxylic acid groups (broad SMARTS) is 1. The zero-order valence-corrected chi connectivity index (χ0v) is 29.5. The number of ether oxygens (including phenoxy) is 1. The number of carboxylic acids is 1. The van der Waals surface area contributed by atoms with Crippen LogP contribution in [0.3, 0.4) is 0 Å². The van der Waals surface area contributed by atoms with Crippen molar-refractivity contribution in [2.75, 3.05) is 0 Å². The number of hydrogen-bond donors (Lipinski definition) is 1. The molecule has 0 aliphatic rings. The number of aliphatic carboxylic acids is 1. The maximum atomic E-state index is 12.6. The lowest BCUT2D eigenvalue weighted by Gasteiger charge is -2.16. The number of benzene rings is 1. The second-order valence-electron chi connectivity index (χ2n) is 13.4. The molecule has 0 radical (unpaired) electrons. The Hall–Kier alpha value is -2.10. The van der Waals surface area contributed by atoms with E-state index >= 15 is 0 Å². The molecule has 0 aliphatic heterocycles. The fourth-order valence-electron chi connectivity index (χ4n) is 6.17. The fraction of sp³-hybridized carbons (Fsp3) is 0.756. The summed E-state index contributed by atoms with van der Waals surface area (Å²) < 4.78 is 5.86. The molecule has 1 rings (SSSR count). The fourth-order valence-corrected chi connectivity index (χ4v) is 6.17. The van der Waals surface area contributed by atoms with E-state index in [4.69, 9.17) is 4.74 Å². The van der Waals surface area contributed by atoms with Crippen molar-refractivity contribution >= 4 is 11.9 Å². The van der Waals surface area contributed by atoms with E-state index in [1.165, 1.54) is 103 Å². The van der Waals surface area contributed by atoms with Gasteiger partial charge in [0.05, 0.1) is 11.5 Å². The molecule has 1 aromatic rings. The van der Waals surface area contributed by atoms with Crippen LogP contribution in [0.15, 0.2) is 42.5 Å². The number of rotatable bonds is 32. The molecule has 0 fully saturated rings. The van der Waals surface area contributed by atoms with Crippen molar-refractivity contribution in [2.45, 2.75) is 193 Å². The molecule has 0 bridgehead atoms. The number of unbranched alkanes of at least 4 members (excludes halogenated alkanes) is 20. The van der Waals surface area contributed by atoms with E-state index in [-0.39, 0.29) is 18.0 Å². The summed E-state index contributed by atoms with van der Waals surface area (Å²) in [6.07, 6.45) is 36.4. The minimum atomic E-state index is -0.607. The highest BCUT2D eigenvalue weighted by Crippen LogP contribution is 2.20. The summed E-state index contributed by atoms with van der Waals surface area (Å²) in [6, 6.07) is 9.27. The standard InChI is InChI=1S/C41H70O4/c1-3-5-7-9-10-11-12-13-14-15-16-18-21-25-31-37(40(42)43)32-26-22-19-17-20-23-30-36-39(35-29-8-6-4-2)45-41(44)38-33-27-24-28-34-38/h23-24,27-28,30,33-34,37,39H,3-22,25-26,29,31-32,35-36H2,1-2H3,(H,42,43)/b30-23-/t37?,39-/m1/s1. The highest BCUT2D eigenvalue weighted by Gasteiger charge is 2.16. The van der Waals surface area contributed by atoms with Crippen LogP contribution >= 0.6 is 0 Å². The van der Waals surface area contributed by atoms with Gasteiger partial charge in [-0.2, -0.15) is 0 Å². The first-order valence-corrected chi connectivity index (χ1v) is 19.2. The number of esters is 1. The molecule has 0 aromatic heterocycles. The van der Waals surface area contributed by atoms with E-state index in [0.29, 0.717) is 5.56 Å². The Morgan fingerprint density at radius 2 is 1.04 bits per heavy atom. The van der Waals surface area contributed by atoms with Gasteiger partial charge in [0.1, 0.15) is 6.10 Å². The third kappa shape index (κ3) is 24.8. The Morgan fingerprint density at radius 1 is 0.600 bits per heavy atom. The lowest BCUT2D eigenvalue weighted by Crippen LogP contribution is -2.18. The molecule has 2 atom stereocenters. The maximum Gasteiger partial charge on any atom is 0.338 e. The molecule has 0 amide bonds. The van der Waals surface area contributed by atoms with Crippen LogP contribution in [0.25, 0.3) is 0 Å². The largest absolute Gasteiger partial charge is 0.481 e. The van der Waals surface area contributed by atoms with Crippen LogP contribution in [-0.2, 0) is 9.53 Å². The van der Waals surface area contributed by atoms with Gasteiger partial charge in [-0.25, -0.2) is 4.79 Å². The number of allylic oxidation sites excluding steroid dienone is 1. The minimum absolute atomic E-state index is 0.0709. The summed E-state index contributed by atoms with van der Waals surface area (Å²) >= 11 is 0. The Morgan fingerprint density at radius 3 is 1.56 bits per heavy atom. The Labute approximate surface area is 278 Å². The second-order valence-corrected chi connectivity index (χ2v) is 13.4. The molecular formula is C41H70O4. The molecule has 45 heavy (non-hydrogen) atoms. The SMILES string of the molecule is CCCCCCCCCCCCCCCCC(CCCCCC/C=C\C[C@@H](CCCCCC)OC(=O)c1ccccc1)C(=O)O. The first-order valence-electron chi connectivity index (χ1n) is 19.2. The summed E-state index contributed by atoms with van der Waals surface area (Å²) in [4.78, 5) is 24.3. The van der Waals surface area contributed by atoms with Crippen molar-refractivity contribution in [1.29, 1.82) is 0 Å². The molecule has 4 nitrogen and oxygen atoms in total. The number of carbonyl (C=O) groups excluding carboxylic acids is 1. The minimum Gasteiger partial charge on any atom is -0.481 e. The lowest BCUT2D eigenvalue weighted by molar-refractivity contribution is -0.142. The van der Waals surface area contributed by atoms with Gasteiger partial charge in [-0.3, -0.25) is 4.79 Å². The van der Waals surface area contributed by atoms with Crippen molar-refractivity contribution in [3.63, 3.8) is 0 Å². The summed E-state index contributed by atoms with van der Waals surface area (Å²) in [5, 5.41) is 9.68. The summed E-state index contributed by atoms with van der Waals surface area (Å²) in [7, 11) is 0. The van der Waals surface area contributed by atoms with Gasteiger partial charge in [-0.05, 0) is 50.7 Å². The summed E-state index contributed by atoms with van der Waals surface area (Å²) in [5.74, 6) is -1.01. The van der Waals surface area contributed by atoms with Crippen LogP contribution in [0.4, 0.5) is 0 Å². The molecule has 4 heteroatoms. The highest BCUT2D eigenvalue weighted by molar-refractivity contribution is 5.89. The predicted octanol–water partition coefficient (Wildman–Crippen LogP) is 13.0. The Kier molecular flexibility index (Phi) is 27.8. The third-order valence-corrected chi connectivity index (χ3v) is 9.16. The van der Waals surface area contributed by atoms with Crippen molar-refractivity contribution in [3.05, 3.63) is 48.0 Å². The molecule has 0 saturated carbocycles. The monoisotopic (exact) mass is 627 g/mol. The van der Waals surface area contributed by atoms with Crippen LogP contribution in [-0.4, -0.2) is 23.1 Å². The van der Waals surface area contributed by atoms with Gasteiger partial charge in [0, 0.05) is 6.42 Å². The molecule has 0 heterocycles. The van der Waals surface area contributed by atoms with Gasteiger partial charge >= 0.3 is 11.9 Å². The molecule has 0 aliphatic carbocycles. The van der Waals surface area contributed by atoms with Crippen LogP contribution in [0.5, 0.6) is 0 Å². The zero-order chi connectivity index (χ0) is 32.6. The van der Waals surface area contributed by atoms with Gasteiger partial charge in [0.15, 0.2) is 0 Å². The predicted molar refractivity (Wildman–Crippen MR) is 192 cm³/mol. The Balaban J connectivity index is 2.10. The van der Waals surface area contributed by atoms with E-state index in [2.05, 4.69) is 26.0 Å². The normalized spacial score (nSPS) is 12.8. The van der Waals surface area contributed by atoms with E-state index in [1.807, 2.05) is 30.3 Å². The first-order chi connectivity index (χ1) is 22.1. The van der Waals surface area contributed by atoms with Gasteiger partial charge in [-0.1, -0.05) is 173 Å². The molecule has 1 unspecified atom stereocenters. The third-order valence-electron chi connectivity index (χ3n) is 9.16. The number of hydrogen-bond acceptors (Lipinski definition) is 3.